The summed E-state index contributed by atoms with van der Waals surface area (Å²) in [7, 11) is 1.60. The number of aromatic nitrogens is 3. The van der Waals surface area contributed by atoms with Crippen molar-refractivity contribution in [2.75, 3.05) is 19.5 Å². The lowest BCUT2D eigenvalue weighted by Gasteiger charge is -2.13. The topological polar surface area (TPSA) is 79.4 Å². The molecular formula is C20H21N3O4S. The zero-order valence-electron chi connectivity index (χ0n) is 15.5. The lowest BCUT2D eigenvalue weighted by atomic mass is 10.1. The SMILES string of the molecule is COc1ccc(C(=O)CSc2nnc(-c3ccco3)n2C[C@H]2CCCO2)cc1. The molecule has 2 aromatic heterocycles. The van der Waals surface area contributed by atoms with Gasteiger partial charge in [0, 0.05) is 12.2 Å². The molecule has 8 heteroatoms. The number of nitrogens with zero attached hydrogens (tertiary/aromatic N) is 3. The Bertz CT molecular complexity index is 916. The van der Waals surface area contributed by atoms with Crippen LogP contribution < -0.4 is 4.74 Å². The van der Waals surface area contributed by atoms with Gasteiger partial charge in [-0.15, -0.1) is 10.2 Å². The van der Waals surface area contributed by atoms with Crippen LogP contribution >= 0.6 is 11.8 Å². The Kier molecular flexibility index (Phi) is 5.78. The third-order valence-electron chi connectivity index (χ3n) is 4.61. The van der Waals surface area contributed by atoms with Crippen LogP contribution in [0.15, 0.2) is 52.2 Å². The largest absolute Gasteiger partial charge is 0.497 e. The second-order valence-electron chi connectivity index (χ2n) is 6.47. The maximum atomic E-state index is 12.5. The number of methoxy groups -OCH3 is 1. The number of hydrogen-bond donors (Lipinski definition) is 0. The molecule has 0 saturated carbocycles. The standard InChI is InChI=1S/C20H21N3O4S/c1-25-15-8-6-14(7-9-15)17(24)13-28-20-22-21-19(18-5-3-11-27-18)23(20)12-16-4-2-10-26-16/h3,5-9,11,16H,2,4,10,12-13H2,1H3/t16-/m1/s1. The molecule has 1 aliphatic heterocycles. The van der Waals surface area contributed by atoms with Gasteiger partial charge in [0.15, 0.2) is 16.7 Å². The number of hydrogen-bond acceptors (Lipinski definition) is 7. The number of thioether (sulfide) groups is 1. The first-order valence-electron chi connectivity index (χ1n) is 9.13. The minimum absolute atomic E-state index is 0.0267. The predicted molar refractivity (Wildman–Crippen MR) is 105 cm³/mol. The Labute approximate surface area is 167 Å². The van der Waals surface area contributed by atoms with E-state index in [-0.39, 0.29) is 17.6 Å². The molecule has 7 nitrogen and oxygen atoms in total. The van der Waals surface area contributed by atoms with Crippen LogP contribution in [0.2, 0.25) is 0 Å². The first kappa shape index (κ1) is 18.8. The van der Waals surface area contributed by atoms with Crippen molar-refractivity contribution in [3.05, 3.63) is 48.2 Å². The summed E-state index contributed by atoms with van der Waals surface area (Å²) in [4.78, 5) is 12.5. The number of ketones is 1. The van der Waals surface area contributed by atoms with Crippen molar-refractivity contribution < 1.29 is 18.7 Å². The lowest BCUT2D eigenvalue weighted by Crippen LogP contribution is -2.17. The van der Waals surface area contributed by atoms with Gasteiger partial charge in [0.25, 0.3) is 0 Å². The van der Waals surface area contributed by atoms with E-state index in [0.717, 1.165) is 25.2 Å². The summed E-state index contributed by atoms with van der Waals surface area (Å²) < 4.78 is 18.4. The Hall–Kier alpha value is -2.58. The third kappa shape index (κ3) is 4.13. The molecule has 0 aliphatic carbocycles. The molecule has 0 radical (unpaired) electrons. The van der Waals surface area contributed by atoms with E-state index >= 15 is 0 Å². The van der Waals surface area contributed by atoms with Crippen LogP contribution in [-0.4, -0.2) is 46.1 Å². The summed E-state index contributed by atoms with van der Waals surface area (Å²) in [6.07, 6.45) is 3.80. The van der Waals surface area contributed by atoms with Crippen molar-refractivity contribution in [2.24, 2.45) is 0 Å². The molecule has 3 heterocycles. The van der Waals surface area contributed by atoms with E-state index in [0.29, 0.717) is 28.8 Å². The fourth-order valence-corrected chi connectivity index (χ4v) is 3.97. The summed E-state index contributed by atoms with van der Waals surface area (Å²) in [5.74, 6) is 2.33. The van der Waals surface area contributed by atoms with Crippen LogP contribution in [0.3, 0.4) is 0 Å². The maximum Gasteiger partial charge on any atom is 0.200 e. The highest BCUT2D eigenvalue weighted by atomic mass is 32.2. The molecule has 1 saturated heterocycles. The molecule has 0 unspecified atom stereocenters. The van der Waals surface area contributed by atoms with Crippen LogP contribution in [0.5, 0.6) is 5.75 Å². The van der Waals surface area contributed by atoms with Crippen LogP contribution in [0, 0.1) is 0 Å². The number of rotatable bonds is 8. The Balaban J connectivity index is 1.50. The zero-order valence-corrected chi connectivity index (χ0v) is 16.4. The normalized spacial score (nSPS) is 16.4. The summed E-state index contributed by atoms with van der Waals surface area (Å²) in [6, 6.07) is 10.8. The molecule has 4 rings (SSSR count). The quantitative estimate of drug-likeness (QED) is 0.422. The molecular weight excluding hydrogens is 378 g/mol. The van der Waals surface area contributed by atoms with Gasteiger partial charge in [0.2, 0.25) is 5.82 Å². The highest BCUT2D eigenvalue weighted by Crippen LogP contribution is 2.27. The van der Waals surface area contributed by atoms with Gasteiger partial charge in [-0.05, 0) is 49.2 Å². The molecule has 0 spiro atoms. The summed E-state index contributed by atoms with van der Waals surface area (Å²) in [6.45, 7) is 1.42. The highest BCUT2D eigenvalue weighted by Gasteiger charge is 2.23. The fourth-order valence-electron chi connectivity index (χ4n) is 3.13. The molecule has 1 aromatic carbocycles. The Morgan fingerprint density at radius 1 is 1.29 bits per heavy atom. The van der Waals surface area contributed by atoms with Gasteiger partial charge in [-0.1, -0.05) is 11.8 Å². The van der Waals surface area contributed by atoms with Crippen molar-refractivity contribution >= 4 is 17.5 Å². The first-order valence-corrected chi connectivity index (χ1v) is 10.1. The number of benzene rings is 1. The molecule has 0 amide bonds. The van der Waals surface area contributed by atoms with Crippen molar-refractivity contribution in [3.8, 4) is 17.3 Å². The highest BCUT2D eigenvalue weighted by molar-refractivity contribution is 7.99. The van der Waals surface area contributed by atoms with Crippen molar-refractivity contribution in [1.29, 1.82) is 0 Å². The lowest BCUT2D eigenvalue weighted by molar-refractivity contribution is 0.0952. The van der Waals surface area contributed by atoms with Gasteiger partial charge in [-0.3, -0.25) is 9.36 Å². The van der Waals surface area contributed by atoms with Crippen LogP contribution in [-0.2, 0) is 11.3 Å². The van der Waals surface area contributed by atoms with Crippen molar-refractivity contribution in [2.45, 2.75) is 30.6 Å². The molecule has 1 atom stereocenters. The number of carbonyl (C=O) groups is 1. The van der Waals surface area contributed by atoms with Crippen molar-refractivity contribution in [1.82, 2.24) is 14.8 Å². The van der Waals surface area contributed by atoms with E-state index in [9.17, 15) is 4.79 Å². The van der Waals surface area contributed by atoms with Gasteiger partial charge >= 0.3 is 0 Å². The second-order valence-corrected chi connectivity index (χ2v) is 7.41. The number of furan rings is 1. The minimum atomic E-state index is 0.0267. The predicted octanol–water partition coefficient (Wildman–Crippen LogP) is 3.70. The Morgan fingerprint density at radius 2 is 2.14 bits per heavy atom. The third-order valence-corrected chi connectivity index (χ3v) is 5.58. The molecule has 1 fully saturated rings. The molecule has 0 bridgehead atoms. The van der Waals surface area contributed by atoms with E-state index in [4.69, 9.17) is 13.9 Å². The molecule has 28 heavy (non-hydrogen) atoms. The summed E-state index contributed by atoms with van der Waals surface area (Å²) in [5, 5.41) is 9.27. The average molecular weight is 399 g/mol. The van der Waals surface area contributed by atoms with E-state index in [1.807, 2.05) is 16.7 Å². The van der Waals surface area contributed by atoms with Gasteiger partial charge < -0.3 is 13.9 Å². The first-order chi connectivity index (χ1) is 13.7. The van der Waals surface area contributed by atoms with Crippen molar-refractivity contribution in [3.63, 3.8) is 0 Å². The molecule has 1 aliphatic rings. The summed E-state index contributed by atoms with van der Waals surface area (Å²) in [5.41, 5.74) is 0.643. The van der Waals surface area contributed by atoms with Crippen LogP contribution in [0.25, 0.3) is 11.6 Å². The van der Waals surface area contributed by atoms with Crippen LogP contribution in [0.1, 0.15) is 23.2 Å². The van der Waals surface area contributed by atoms with Crippen LogP contribution in [0.4, 0.5) is 0 Å². The smallest absolute Gasteiger partial charge is 0.200 e. The summed E-state index contributed by atoms with van der Waals surface area (Å²) >= 11 is 1.37. The zero-order chi connectivity index (χ0) is 19.3. The molecule has 0 N–H and O–H groups in total. The number of carbonyl (C=O) groups excluding carboxylic acids is 1. The average Bonchev–Trinajstić information content (AvgIpc) is 3.49. The van der Waals surface area contributed by atoms with E-state index < -0.39 is 0 Å². The van der Waals surface area contributed by atoms with E-state index in [2.05, 4.69) is 10.2 Å². The van der Waals surface area contributed by atoms with Gasteiger partial charge in [-0.2, -0.15) is 0 Å². The van der Waals surface area contributed by atoms with E-state index in [1.54, 1.807) is 37.6 Å². The molecule has 3 aromatic rings. The minimum Gasteiger partial charge on any atom is -0.497 e. The maximum absolute atomic E-state index is 12.5. The van der Waals surface area contributed by atoms with Gasteiger partial charge in [-0.25, -0.2) is 0 Å². The van der Waals surface area contributed by atoms with Gasteiger partial charge in [0.1, 0.15) is 5.75 Å². The monoisotopic (exact) mass is 399 g/mol. The number of ether oxygens (including phenoxy) is 2. The Morgan fingerprint density at radius 3 is 2.82 bits per heavy atom. The van der Waals surface area contributed by atoms with Gasteiger partial charge in [0.05, 0.1) is 31.8 Å². The fraction of sp³-hybridized carbons (Fsp3) is 0.350. The molecule has 146 valence electrons. The van der Waals surface area contributed by atoms with E-state index in [1.165, 1.54) is 11.8 Å². The number of Topliss-reactive ketones (excluding diaryl/α,β-unsaturated/α-hetero) is 1. The second kappa shape index (κ2) is 8.62.